The fourth-order valence-electron chi connectivity index (χ4n) is 1.29. The molecular formula is C12H16Cl2N2O. The molecule has 1 amide bonds. The number of rotatable bonds is 5. The Kier molecular flexibility index (Phi) is 5.75. The van der Waals surface area contributed by atoms with Crippen molar-refractivity contribution >= 4 is 29.1 Å². The van der Waals surface area contributed by atoms with E-state index in [2.05, 4.69) is 5.32 Å². The van der Waals surface area contributed by atoms with E-state index in [0.29, 0.717) is 29.7 Å². The van der Waals surface area contributed by atoms with Crippen molar-refractivity contribution < 1.29 is 4.79 Å². The van der Waals surface area contributed by atoms with Gasteiger partial charge in [-0.15, -0.1) is 0 Å². The minimum atomic E-state index is 0.0608. The van der Waals surface area contributed by atoms with Crippen LogP contribution in [-0.4, -0.2) is 30.9 Å². The van der Waals surface area contributed by atoms with Crippen LogP contribution in [0.2, 0.25) is 10.0 Å². The normalized spacial score (nSPS) is 10.4. The minimum Gasteiger partial charge on any atom is -0.345 e. The van der Waals surface area contributed by atoms with E-state index >= 15 is 0 Å². The van der Waals surface area contributed by atoms with Crippen LogP contribution >= 0.6 is 23.2 Å². The van der Waals surface area contributed by atoms with E-state index < -0.39 is 0 Å². The van der Waals surface area contributed by atoms with Crippen LogP contribution in [0.5, 0.6) is 0 Å². The molecule has 1 rings (SSSR count). The van der Waals surface area contributed by atoms with Crippen molar-refractivity contribution in [2.75, 3.05) is 20.1 Å². The van der Waals surface area contributed by atoms with Gasteiger partial charge in [-0.05, 0) is 30.7 Å². The van der Waals surface area contributed by atoms with Crippen LogP contribution in [0, 0.1) is 0 Å². The van der Waals surface area contributed by atoms with Crippen molar-refractivity contribution in [3.63, 3.8) is 0 Å². The van der Waals surface area contributed by atoms with Gasteiger partial charge in [0.15, 0.2) is 0 Å². The molecule has 94 valence electrons. The minimum absolute atomic E-state index is 0.0608. The maximum atomic E-state index is 11.5. The Morgan fingerprint density at radius 3 is 2.76 bits per heavy atom. The molecule has 0 atom stereocenters. The van der Waals surface area contributed by atoms with Gasteiger partial charge in [0.05, 0.1) is 6.54 Å². The number of hydrogen-bond donors (Lipinski definition) is 1. The summed E-state index contributed by atoms with van der Waals surface area (Å²) in [5, 5.41) is 4.34. The highest BCUT2D eigenvalue weighted by atomic mass is 35.5. The Labute approximate surface area is 112 Å². The second kappa shape index (κ2) is 6.84. The van der Waals surface area contributed by atoms with Gasteiger partial charge < -0.3 is 10.2 Å². The van der Waals surface area contributed by atoms with Gasteiger partial charge in [-0.3, -0.25) is 4.79 Å². The quantitative estimate of drug-likeness (QED) is 0.895. The number of nitrogens with one attached hydrogen (secondary N) is 1. The lowest BCUT2D eigenvalue weighted by Crippen LogP contribution is -2.35. The van der Waals surface area contributed by atoms with Crippen LogP contribution in [0.3, 0.4) is 0 Å². The third-order valence-electron chi connectivity index (χ3n) is 2.50. The van der Waals surface area contributed by atoms with E-state index in [9.17, 15) is 4.79 Å². The number of amides is 1. The van der Waals surface area contributed by atoms with Crippen LogP contribution in [0.15, 0.2) is 18.2 Å². The first kappa shape index (κ1) is 14.3. The third-order valence-corrected chi connectivity index (χ3v) is 3.10. The Morgan fingerprint density at radius 2 is 2.12 bits per heavy atom. The van der Waals surface area contributed by atoms with E-state index in [4.69, 9.17) is 23.2 Å². The second-order valence-electron chi connectivity index (χ2n) is 3.75. The zero-order chi connectivity index (χ0) is 12.8. The molecule has 17 heavy (non-hydrogen) atoms. The van der Waals surface area contributed by atoms with Gasteiger partial charge in [-0.1, -0.05) is 23.2 Å². The summed E-state index contributed by atoms with van der Waals surface area (Å²) in [5.74, 6) is 0.0608. The number of carbonyl (C=O) groups excluding carboxylic acids is 1. The van der Waals surface area contributed by atoms with Crippen molar-refractivity contribution in [3.8, 4) is 0 Å². The van der Waals surface area contributed by atoms with Crippen LogP contribution in [0.4, 0.5) is 0 Å². The largest absolute Gasteiger partial charge is 0.345 e. The van der Waals surface area contributed by atoms with E-state index in [1.54, 1.807) is 30.1 Å². The molecule has 0 aliphatic heterocycles. The topological polar surface area (TPSA) is 32.3 Å². The van der Waals surface area contributed by atoms with Crippen molar-refractivity contribution in [3.05, 3.63) is 33.8 Å². The molecule has 0 bridgehead atoms. The highest BCUT2D eigenvalue weighted by Gasteiger charge is 2.06. The summed E-state index contributed by atoms with van der Waals surface area (Å²) in [5.41, 5.74) is 0.895. The van der Waals surface area contributed by atoms with E-state index in [1.807, 2.05) is 6.92 Å². The highest BCUT2D eigenvalue weighted by Crippen LogP contribution is 2.20. The highest BCUT2D eigenvalue weighted by molar-refractivity contribution is 6.33. The number of likely N-dealkylation sites (N-methyl/N-ethyl adjacent to an activating group) is 1. The van der Waals surface area contributed by atoms with Crippen molar-refractivity contribution in [2.24, 2.45) is 0 Å². The van der Waals surface area contributed by atoms with Gasteiger partial charge in [-0.25, -0.2) is 0 Å². The molecule has 5 heteroatoms. The van der Waals surface area contributed by atoms with Crippen molar-refractivity contribution in [1.82, 2.24) is 10.2 Å². The van der Waals surface area contributed by atoms with Gasteiger partial charge in [0.25, 0.3) is 0 Å². The van der Waals surface area contributed by atoms with Crippen LogP contribution in [-0.2, 0) is 11.3 Å². The Bertz CT molecular complexity index is 396. The van der Waals surface area contributed by atoms with Gasteiger partial charge >= 0.3 is 0 Å². The lowest BCUT2D eigenvalue weighted by Gasteiger charge is -2.15. The monoisotopic (exact) mass is 274 g/mol. The Hall–Kier alpha value is -0.770. The molecule has 0 saturated carbocycles. The van der Waals surface area contributed by atoms with E-state index in [-0.39, 0.29) is 5.91 Å². The van der Waals surface area contributed by atoms with Gasteiger partial charge in [0.1, 0.15) is 0 Å². The summed E-state index contributed by atoms with van der Waals surface area (Å²) in [6, 6.07) is 5.29. The maximum absolute atomic E-state index is 11.5. The molecule has 1 N–H and O–H groups in total. The molecule has 0 aliphatic carbocycles. The molecule has 3 nitrogen and oxygen atoms in total. The summed E-state index contributed by atoms with van der Waals surface area (Å²) in [7, 11) is 1.77. The molecule has 0 unspecified atom stereocenters. The standard InChI is InChI=1S/C12H16Cl2N2O/c1-3-16(2)12(17)8-15-7-9-6-10(13)4-5-11(9)14/h4-6,15H,3,7-8H2,1-2H3. The molecule has 0 aliphatic rings. The summed E-state index contributed by atoms with van der Waals surface area (Å²) in [6.45, 7) is 3.47. The predicted molar refractivity (Wildman–Crippen MR) is 71.5 cm³/mol. The first-order valence-corrected chi connectivity index (χ1v) is 6.18. The average Bonchev–Trinajstić information content (AvgIpc) is 2.32. The van der Waals surface area contributed by atoms with Gasteiger partial charge in [0.2, 0.25) is 5.91 Å². The number of halogens is 2. The number of carbonyl (C=O) groups is 1. The molecule has 0 heterocycles. The number of benzene rings is 1. The summed E-state index contributed by atoms with van der Waals surface area (Å²) >= 11 is 11.9. The number of nitrogens with zero attached hydrogens (tertiary/aromatic N) is 1. The molecule has 1 aromatic carbocycles. The molecular weight excluding hydrogens is 259 g/mol. The van der Waals surface area contributed by atoms with Crippen LogP contribution in [0.25, 0.3) is 0 Å². The van der Waals surface area contributed by atoms with Crippen molar-refractivity contribution in [1.29, 1.82) is 0 Å². The maximum Gasteiger partial charge on any atom is 0.236 e. The molecule has 0 aromatic heterocycles. The smallest absolute Gasteiger partial charge is 0.236 e. The molecule has 0 radical (unpaired) electrons. The molecule has 0 fully saturated rings. The fraction of sp³-hybridized carbons (Fsp3) is 0.417. The zero-order valence-corrected chi connectivity index (χ0v) is 11.5. The first-order chi connectivity index (χ1) is 8.04. The van der Waals surface area contributed by atoms with Gasteiger partial charge in [0, 0.05) is 30.2 Å². The van der Waals surface area contributed by atoms with E-state index in [1.165, 1.54) is 0 Å². The molecule has 0 spiro atoms. The average molecular weight is 275 g/mol. The SMILES string of the molecule is CCN(C)C(=O)CNCc1cc(Cl)ccc1Cl. The zero-order valence-electron chi connectivity index (χ0n) is 9.96. The lowest BCUT2D eigenvalue weighted by atomic mass is 10.2. The predicted octanol–water partition coefficient (Wildman–Crippen LogP) is 2.56. The third kappa shape index (κ3) is 4.54. The lowest BCUT2D eigenvalue weighted by molar-refractivity contribution is -0.128. The number of hydrogen-bond acceptors (Lipinski definition) is 2. The van der Waals surface area contributed by atoms with Crippen molar-refractivity contribution in [2.45, 2.75) is 13.5 Å². The van der Waals surface area contributed by atoms with E-state index in [0.717, 1.165) is 5.56 Å². The summed E-state index contributed by atoms with van der Waals surface area (Å²) in [6.07, 6.45) is 0. The Balaban J connectivity index is 2.46. The molecule has 0 saturated heterocycles. The summed E-state index contributed by atoms with van der Waals surface area (Å²) in [4.78, 5) is 13.2. The molecule has 1 aromatic rings. The first-order valence-electron chi connectivity index (χ1n) is 5.43. The summed E-state index contributed by atoms with van der Waals surface area (Å²) < 4.78 is 0. The second-order valence-corrected chi connectivity index (χ2v) is 4.59. The fourth-order valence-corrected chi connectivity index (χ4v) is 1.67. The van der Waals surface area contributed by atoms with Crippen LogP contribution in [0.1, 0.15) is 12.5 Å². The Morgan fingerprint density at radius 1 is 1.41 bits per heavy atom. The van der Waals surface area contributed by atoms with Crippen LogP contribution < -0.4 is 5.32 Å². The van der Waals surface area contributed by atoms with Gasteiger partial charge in [-0.2, -0.15) is 0 Å².